The van der Waals surface area contributed by atoms with Gasteiger partial charge in [0.05, 0.1) is 16.0 Å². The molecule has 4 aromatic rings. The molecule has 1 N–H and O–H groups in total. The van der Waals surface area contributed by atoms with Crippen LogP contribution in [0.5, 0.6) is 0 Å². The third-order valence-corrected chi connectivity index (χ3v) is 8.43. The molecule has 178 valence electrons. The number of rotatable bonds is 6. The Morgan fingerprint density at radius 1 is 0.971 bits per heavy atom. The van der Waals surface area contributed by atoms with E-state index in [4.69, 9.17) is 0 Å². The van der Waals surface area contributed by atoms with Crippen molar-refractivity contribution in [3.63, 3.8) is 0 Å². The van der Waals surface area contributed by atoms with Crippen LogP contribution in [0.25, 0.3) is 10.2 Å². The molecule has 0 radical (unpaired) electrons. The lowest BCUT2D eigenvalue weighted by Crippen LogP contribution is -2.48. The highest BCUT2D eigenvalue weighted by Gasteiger charge is 2.22. The Morgan fingerprint density at radius 3 is 2.49 bits per heavy atom. The fraction of sp³-hybridized carbons (Fsp3) is 0.192. The zero-order chi connectivity index (χ0) is 24.2. The highest BCUT2D eigenvalue weighted by Crippen LogP contribution is 2.29. The molecule has 9 heteroatoms. The summed E-state index contributed by atoms with van der Waals surface area (Å²) in [5, 5.41) is 2.96. The van der Waals surface area contributed by atoms with Crippen LogP contribution in [-0.2, 0) is 4.79 Å². The number of nitrogens with one attached hydrogen (secondary N) is 1. The number of para-hydroxylation sites is 1. The van der Waals surface area contributed by atoms with Gasteiger partial charge >= 0.3 is 0 Å². The molecule has 5 rings (SSSR count). The molecule has 1 aromatic heterocycles. The van der Waals surface area contributed by atoms with E-state index in [0.717, 1.165) is 43.5 Å². The Balaban J connectivity index is 1.11. The number of nitrogens with zero attached hydrogens (tertiary/aromatic N) is 3. The van der Waals surface area contributed by atoms with Gasteiger partial charge in [-0.3, -0.25) is 9.59 Å². The number of carbonyl (C=O) groups is 2. The van der Waals surface area contributed by atoms with Gasteiger partial charge in [-0.25, -0.2) is 4.98 Å². The number of amides is 2. The van der Waals surface area contributed by atoms with Crippen molar-refractivity contribution in [2.75, 3.05) is 42.1 Å². The van der Waals surface area contributed by atoms with Crippen LogP contribution in [0, 0.1) is 0 Å². The molecule has 0 bridgehead atoms. The third-order valence-electron chi connectivity index (χ3n) is 5.76. The summed E-state index contributed by atoms with van der Waals surface area (Å²) < 4.78 is 2.93. The van der Waals surface area contributed by atoms with Gasteiger partial charge in [0.2, 0.25) is 5.91 Å². The monoisotopic (exact) mass is 566 g/mol. The van der Waals surface area contributed by atoms with E-state index >= 15 is 0 Å². The van der Waals surface area contributed by atoms with E-state index in [1.54, 1.807) is 11.3 Å². The lowest BCUT2D eigenvalue weighted by molar-refractivity contribution is -0.113. The average Bonchev–Trinajstić information content (AvgIpc) is 3.31. The highest BCUT2D eigenvalue weighted by atomic mass is 79.9. The number of halogens is 1. The smallest absolute Gasteiger partial charge is 0.254 e. The predicted octanol–water partition coefficient (Wildman–Crippen LogP) is 5.75. The van der Waals surface area contributed by atoms with Crippen molar-refractivity contribution < 1.29 is 9.59 Å². The van der Waals surface area contributed by atoms with Gasteiger partial charge in [-0.2, -0.15) is 0 Å². The lowest BCUT2D eigenvalue weighted by Gasteiger charge is -2.36. The molecule has 1 saturated heterocycles. The molecule has 6 nitrogen and oxygen atoms in total. The van der Waals surface area contributed by atoms with Gasteiger partial charge in [-0.05, 0) is 54.6 Å². The molecule has 0 atom stereocenters. The first-order valence-electron chi connectivity index (χ1n) is 11.2. The Labute approximate surface area is 220 Å². The van der Waals surface area contributed by atoms with Gasteiger partial charge in [-0.15, -0.1) is 11.3 Å². The molecule has 0 spiro atoms. The first-order chi connectivity index (χ1) is 17.0. The molecule has 2 heterocycles. The number of piperazine rings is 1. The molecule has 2 amide bonds. The van der Waals surface area contributed by atoms with Crippen molar-refractivity contribution in [3.8, 4) is 0 Å². The van der Waals surface area contributed by atoms with E-state index in [9.17, 15) is 9.59 Å². The number of thioether (sulfide) groups is 1. The van der Waals surface area contributed by atoms with Crippen LogP contribution in [0.4, 0.5) is 11.4 Å². The molecule has 1 aliphatic heterocycles. The molecule has 0 unspecified atom stereocenters. The minimum absolute atomic E-state index is 0.0540. The summed E-state index contributed by atoms with van der Waals surface area (Å²) in [6.45, 7) is 2.88. The van der Waals surface area contributed by atoms with Crippen LogP contribution in [0.15, 0.2) is 81.6 Å². The molecular formula is C26H23BrN4O2S2. The fourth-order valence-corrected chi connectivity index (χ4v) is 6.23. The average molecular weight is 568 g/mol. The van der Waals surface area contributed by atoms with E-state index in [-0.39, 0.29) is 11.8 Å². The van der Waals surface area contributed by atoms with Gasteiger partial charge < -0.3 is 15.1 Å². The standard InChI is InChI=1S/C26H23BrN4O2S2/c27-19-5-3-4-18(16-19)25(33)31-14-12-30(13-15-31)21-10-8-20(9-11-21)28-24(32)17-34-26-29-22-6-1-2-7-23(22)35-26/h1-11,16H,12-15,17H2,(H,28,32). The Morgan fingerprint density at radius 2 is 1.74 bits per heavy atom. The topological polar surface area (TPSA) is 65.5 Å². The fourth-order valence-electron chi connectivity index (χ4n) is 3.96. The number of thiazole rings is 1. The van der Waals surface area contributed by atoms with Gasteiger partial charge in [0.15, 0.2) is 4.34 Å². The number of hydrogen-bond acceptors (Lipinski definition) is 6. The molecule has 35 heavy (non-hydrogen) atoms. The lowest BCUT2D eigenvalue weighted by atomic mass is 10.1. The van der Waals surface area contributed by atoms with E-state index in [1.165, 1.54) is 11.8 Å². The molecule has 1 fully saturated rings. The maximum atomic E-state index is 12.8. The first kappa shape index (κ1) is 23.8. The summed E-state index contributed by atoms with van der Waals surface area (Å²) in [5.74, 6) is 0.324. The highest BCUT2D eigenvalue weighted by molar-refractivity contribution is 9.10. The van der Waals surface area contributed by atoms with E-state index < -0.39 is 0 Å². The van der Waals surface area contributed by atoms with Crippen LogP contribution in [0.2, 0.25) is 0 Å². The van der Waals surface area contributed by atoms with Crippen LogP contribution in [-0.4, -0.2) is 53.6 Å². The van der Waals surface area contributed by atoms with Gasteiger partial charge in [0.1, 0.15) is 0 Å². The van der Waals surface area contributed by atoms with Crippen molar-refractivity contribution in [2.24, 2.45) is 0 Å². The molecule has 3 aromatic carbocycles. The number of aromatic nitrogens is 1. The van der Waals surface area contributed by atoms with E-state index in [1.807, 2.05) is 77.7 Å². The molecule has 1 aliphatic rings. The minimum Gasteiger partial charge on any atom is -0.368 e. The third kappa shape index (κ3) is 5.86. The van der Waals surface area contributed by atoms with Crippen molar-refractivity contribution in [1.29, 1.82) is 0 Å². The normalized spacial score (nSPS) is 13.7. The second-order valence-electron chi connectivity index (χ2n) is 8.12. The summed E-state index contributed by atoms with van der Waals surface area (Å²) >= 11 is 6.49. The van der Waals surface area contributed by atoms with Crippen molar-refractivity contribution in [2.45, 2.75) is 4.34 Å². The number of carbonyl (C=O) groups excluding carboxylic acids is 2. The maximum absolute atomic E-state index is 12.8. The summed E-state index contributed by atoms with van der Waals surface area (Å²) in [4.78, 5) is 33.9. The predicted molar refractivity (Wildman–Crippen MR) is 148 cm³/mol. The van der Waals surface area contributed by atoms with Gasteiger partial charge in [0.25, 0.3) is 5.91 Å². The number of fused-ring (bicyclic) bond motifs is 1. The van der Waals surface area contributed by atoms with Crippen molar-refractivity contribution in [3.05, 3.63) is 82.8 Å². The summed E-state index contributed by atoms with van der Waals surface area (Å²) in [7, 11) is 0. The number of anilines is 2. The van der Waals surface area contributed by atoms with E-state index in [2.05, 4.69) is 31.1 Å². The van der Waals surface area contributed by atoms with E-state index in [0.29, 0.717) is 24.4 Å². The second kappa shape index (κ2) is 10.8. The molecule has 0 saturated carbocycles. The Bertz CT molecular complexity index is 1320. The molecule has 0 aliphatic carbocycles. The maximum Gasteiger partial charge on any atom is 0.254 e. The van der Waals surface area contributed by atoms with Gasteiger partial charge in [0, 0.05) is 47.6 Å². The van der Waals surface area contributed by atoms with Crippen LogP contribution in [0.1, 0.15) is 10.4 Å². The largest absolute Gasteiger partial charge is 0.368 e. The minimum atomic E-state index is -0.0540. The van der Waals surface area contributed by atoms with Crippen LogP contribution < -0.4 is 10.2 Å². The summed E-state index contributed by atoms with van der Waals surface area (Å²) in [5.41, 5.74) is 3.53. The zero-order valence-electron chi connectivity index (χ0n) is 18.8. The summed E-state index contributed by atoms with van der Waals surface area (Å²) in [6, 6.07) is 23.4. The van der Waals surface area contributed by atoms with Crippen LogP contribution in [0.3, 0.4) is 0 Å². The SMILES string of the molecule is O=C(CSc1nc2ccccc2s1)Nc1ccc(N2CCN(C(=O)c3cccc(Br)c3)CC2)cc1. The Kier molecular flexibility index (Phi) is 7.36. The quantitative estimate of drug-likeness (QED) is 0.301. The van der Waals surface area contributed by atoms with Crippen molar-refractivity contribution in [1.82, 2.24) is 9.88 Å². The molecular weight excluding hydrogens is 544 g/mol. The van der Waals surface area contributed by atoms with Crippen LogP contribution >= 0.6 is 39.0 Å². The zero-order valence-corrected chi connectivity index (χ0v) is 22.0. The number of benzene rings is 3. The second-order valence-corrected chi connectivity index (χ2v) is 11.3. The number of hydrogen-bond donors (Lipinski definition) is 1. The van der Waals surface area contributed by atoms with Gasteiger partial charge in [-0.1, -0.05) is 45.9 Å². The summed E-state index contributed by atoms with van der Waals surface area (Å²) in [6.07, 6.45) is 0. The van der Waals surface area contributed by atoms with Crippen molar-refractivity contribution >= 4 is 72.4 Å². The Hall–Kier alpha value is -2.88. The first-order valence-corrected chi connectivity index (χ1v) is 13.8.